The van der Waals surface area contributed by atoms with Crippen molar-refractivity contribution in [3.05, 3.63) is 57.6 Å². The molecule has 31 heavy (non-hydrogen) atoms. The summed E-state index contributed by atoms with van der Waals surface area (Å²) in [5.74, 6) is -0.0422. The van der Waals surface area contributed by atoms with Crippen LogP contribution < -0.4 is 19.5 Å². The summed E-state index contributed by atoms with van der Waals surface area (Å²) >= 11 is 3.39. The highest BCUT2D eigenvalue weighted by Gasteiger charge is 2.14. The summed E-state index contributed by atoms with van der Waals surface area (Å²) in [6.45, 7) is 4.07. The van der Waals surface area contributed by atoms with Crippen molar-refractivity contribution < 1.29 is 23.8 Å². The first-order valence-corrected chi connectivity index (χ1v) is 10.3. The number of hydrogen-bond acceptors (Lipinski definition) is 6. The Morgan fingerprint density at radius 1 is 1.16 bits per heavy atom. The van der Waals surface area contributed by atoms with Gasteiger partial charge in [0.15, 0.2) is 18.1 Å². The predicted molar refractivity (Wildman–Crippen MR) is 120 cm³/mol. The van der Waals surface area contributed by atoms with Crippen molar-refractivity contribution in [3.63, 3.8) is 0 Å². The van der Waals surface area contributed by atoms with E-state index in [1.807, 2.05) is 32.0 Å². The zero-order valence-electron chi connectivity index (χ0n) is 17.5. The maximum Gasteiger partial charge on any atom is 0.349 e. The molecule has 0 aliphatic heterocycles. The standard InChI is InChI=1S/C23H23BrN2O5/c1-4-9-26-23(28)17(13-25)11-16-6-8-20(21(12-16)29-3)31-22(27)14-30-19-7-5-15(2)10-18(19)24/h5-8,10-12H,4,9,14H2,1-3H3,(H,26,28)/b17-11+. The van der Waals surface area contributed by atoms with E-state index in [9.17, 15) is 14.9 Å². The van der Waals surface area contributed by atoms with E-state index in [1.54, 1.807) is 18.2 Å². The average Bonchev–Trinajstić information content (AvgIpc) is 2.75. The molecule has 0 aliphatic carbocycles. The van der Waals surface area contributed by atoms with Crippen LogP contribution in [0.15, 0.2) is 46.4 Å². The number of nitriles is 1. The maximum absolute atomic E-state index is 12.2. The van der Waals surface area contributed by atoms with Gasteiger partial charge in [-0.25, -0.2) is 4.79 Å². The Kier molecular flexibility index (Phi) is 9.10. The van der Waals surface area contributed by atoms with Crippen molar-refractivity contribution in [2.24, 2.45) is 0 Å². The first-order chi connectivity index (χ1) is 14.9. The fourth-order valence-electron chi connectivity index (χ4n) is 2.52. The number of ether oxygens (including phenoxy) is 3. The topological polar surface area (TPSA) is 97.7 Å². The molecule has 1 N–H and O–H groups in total. The van der Waals surface area contributed by atoms with Crippen LogP contribution in [0.3, 0.4) is 0 Å². The molecule has 0 saturated carbocycles. The third kappa shape index (κ3) is 7.15. The second kappa shape index (κ2) is 11.8. The van der Waals surface area contributed by atoms with Crippen LogP contribution in [0.4, 0.5) is 0 Å². The minimum absolute atomic E-state index is 0.0303. The van der Waals surface area contributed by atoms with Crippen LogP contribution in [-0.4, -0.2) is 32.1 Å². The van der Waals surface area contributed by atoms with Crippen LogP contribution in [0, 0.1) is 18.3 Å². The van der Waals surface area contributed by atoms with E-state index in [4.69, 9.17) is 14.2 Å². The van der Waals surface area contributed by atoms with Crippen LogP contribution >= 0.6 is 15.9 Å². The summed E-state index contributed by atoms with van der Waals surface area (Å²) in [5, 5.41) is 11.9. The smallest absolute Gasteiger partial charge is 0.349 e. The molecule has 0 saturated heterocycles. The number of amides is 1. The zero-order valence-corrected chi connectivity index (χ0v) is 19.1. The van der Waals surface area contributed by atoms with Gasteiger partial charge in [0.1, 0.15) is 17.4 Å². The first-order valence-electron chi connectivity index (χ1n) is 9.55. The van der Waals surface area contributed by atoms with E-state index in [2.05, 4.69) is 21.2 Å². The molecule has 0 atom stereocenters. The van der Waals surface area contributed by atoms with E-state index in [-0.39, 0.29) is 23.7 Å². The average molecular weight is 487 g/mol. The fraction of sp³-hybridized carbons (Fsp3) is 0.261. The Labute approximate surface area is 189 Å². The highest BCUT2D eigenvalue weighted by molar-refractivity contribution is 9.10. The van der Waals surface area contributed by atoms with Crippen LogP contribution in [-0.2, 0) is 9.59 Å². The molecule has 7 nitrogen and oxygen atoms in total. The van der Waals surface area contributed by atoms with E-state index in [0.29, 0.717) is 17.9 Å². The number of esters is 1. The SMILES string of the molecule is CCCNC(=O)/C(C#N)=C/c1ccc(OC(=O)COc2ccc(C)cc2Br)c(OC)c1. The summed E-state index contributed by atoms with van der Waals surface area (Å²) in [5.41, 5.74) is 1.58. The van der Waals surface area contributed by atoms with E-state index >= 15 is 0 Å². The molecule has 2 rings (SSSR count). The number of nitrogens with zero attached hydrogens (tertiary/aromatic N) is 1. The minimum Gasteiger partial charge on any atom is -0.493 e. The van der Waals surface area contributed by atoms with Crippen molar-refractivity contribution in [3.8, 4) is 23.3 Å². The van der Waals surface area contributed by atoms with Gasteiger partial charge in [-0.2, -0.15) is 5.26 Å². The van der Waals surface area contributed by atoms with Crippen LogP contribution in [0.2, 0.25) is 0 Å². The van der Waals surface area contributed by atoms with Gasteiger partial charge in [-0.1, -0.05) is 19.1 Å². The molecule has 0 radical (unpaired) electrons. The lowest BCUT2D eigenvalue weighted by Crippen LogP contribution is -2.25. The first kappa shape index (κ1) is 24.0. The molecule has 0 fully saturated rings. The molecule has 2 aromatic carbocycles. The van der Waals surface area contributed by atoms with E-state index in [1.165, 1.54) is 19.3 Å². The fourth-order valence-corrected chi connectivity index (χ4v) is 3.13. The normalized spacial score (nSPS) is 10.7. The Balaban J connectivity index is 2.08. The number of carbonyl (C=O) groups is 2. The molecule has 162 valence electrons. The highest BCUT2D eigenvalue weighted by Crippen LogP contribution is 2.30. The molecule has 0 aromatic heterocycles. The van der Waals surface area contributed by atoms with Gasteiger partial charge in [-0.3, -0.25) is 4.79 Å². The van der Waals surface area contributed by atoms with E-state index < -0.39 is 11.9 Å². The Hall–Kier alpha value is -3.31. The molecular formula is C23H23BrN2O5. The summed E-state index contributed by atoms with van der Waals surface area (Å²) in [6.07, 6.45) is 2.21. The molecule has 0 unspecified atom stereocenters. The lowest BCUT2D eigenvalue weighted by Gasteiger charge is -2.11. The van der Waals surface area contributed by atoms with Crippen LogP contribution in [0.25, 0.3) is 6.08 Å². The van der Waals surface area contributed by atoms with Gasteiger partial charge in [-0.05, 0) is 70.7 Å². The molecule has 0 bridgehead atoms. The molecule has 0 spiro atoms. The van der Waals surface area contributed by atoms with Gasteiger partial charge in [0, 0.05) is 6.54 Å². The minimum atomic E-state index is -0.606. The molecule has 2 aromatic rings. The highest BCUT2D eigenvalue weighted by atomic mass is 79.9. The van der Waals surface area contributed by atoms with E-state index in [0.717, 1.165) is 16.5 Å². The third-order valence-electron chi connectivity index (χ3n) is 4.06. The summed E-state index contributed by atoms with van der Waals surface area (Å²) < 4.78 is 16.9. The van der Waals surface area contributed by atoms with Gasteiger partial charge in [-0.15, -0.1) is 0 Å². The Morgan fingerprint density at radius 2 is 1.90 bits per heavy atom. The van der Waals surface area contributed by atoms with Gasteiger partial charge in [0.05, 0.1) is 11.6 Å². The number of rotatable bonds is 9. The van der Waals surface area contributed by atoms with Gasteiger partial charge >= 0.3 is 5.97 Å². The largest absolute Gasteiger partial charge is 0.493 e. The van der Waals surface area contributed by atoms with Crippen molar-refractivity contribution in [2.45, 2.75) is 20.3 Å². The predicted octanol–water partition coefficient (Wildman–Crippen LogP) is 4.18. The zero-order chi connectivity index (χ0) is 22.8. The number of aryl methyl sites for hydroxylation is 1. The summed E-state index contributed by atoms with van der Waals surface area (Å²) in [4.78, 5) is 24.2. The number of hydrogen-bond donors (Lipinski definition) is 1. The Morgan fingerprint density at radius 3 is 2.55 bits per heavy atom. The second-order valence-electron chi connectivity index (χ2n) is 6.53. The quantitative estimate of drug-likeness (QED) is 0.247. The van der Waals surface area contributed by atoms with Gasteiger partial charge in [0.25, 0.3) is 5.91 Å². The Bertz CT molecular complexity index is 1030. The molecule has 0 heterocycles. The molecule has 1 amide bonds. The summed E-state index contributed by atoms with van der Waals surface area (Å²) in [7, 11) is 1.43. The maximum atomic E-state index is 12.2. The van der Waals surface area contributed by atoms with Crippen LogP contribution in [0.1, 0.15) is 24.5 Å². The van der Waals surface area contributed by atoms with Crippen LogP contribution in [0.5, 0.6) is 17.2 Å². The lowest BCUT2D eigenvalue weighted by molar-refractivity contribution is -0.136. The third-order valence-corrected chi connectivity index (χ3v) is 4.68. The number of methoxy groups -OCH3 is 1. The number of carbonyl (C=O) groups excluding carboxylic acids is 2. The van der Waals surface area contributed by atoms with Gasteiger partial charge < -0.3 is 19.5 Å². The number of benzene rings is 2. The molecule has 0 aliphatic rings. The number of nitrogens with one attached hydrogen (secondary N) is 1. The second-order valence-corrected chi connectivity index (χ2v) is 7.39. The van der Waals surface area contributed by atoms with Gasteiger partial charge in [0.2, 0.25) is 0 Å². The van der Waals surface area contributed by atoms with Crippen molar-refractivity contribution in [1.82, 2.24) is 5.32 Å². The number of halogens is 1. The van der Waals surface area contributed by atoms with Crippen molar-refractivity contribution in [2.75, 3.05) is 20.3 Å². The van der Waals surface area contributed by atoms with Crippen molar-refractivity contribution in [1.29, 1.82) is 5.26 Å². The molecule has 8 heteroatoms. The molecular weight excluding hydrogens is 464 g/mol. The monoisotopic (exact) mass is 486 g/mol. The summed E-state index contributed by atoms with van der Waals surface area (Å²) in [6, 6.07) is 12.1. The van der Waals surface area contributed by atoms with Crippen molar-refractivity contribution >= 4 is 33.9 Å². The lowest BCUT2D eigenvalue weighted by atomic mass is 10.1.